The quantitative estimate of drug-likeness (QED) is 0.936. The smallest absolute Gasteiger partial charge is 0.253 e. The maximum absolute atomic E-state index is 12.5. The fourth-order valence-corrected chi connectivity index (χ4v) is 3.52. The number of piperazine rings is 1. The number of hydrogen-bond donors (Lipinski definition) is 1. The number of hydrogen-bond acceptors (Lipinski definition) is 4. The summed E-state index contributed by atoms with van der Waals surface area (Å²) in [6, 6.07) is 12.1. The van der Waals surface area contributed by atoms with Gasteiger partial charge in [-0.2, -0.15) is 0 Å². The zero-order chi connectivity index (χ0) is 16.2. The second-order valence-corrected chi connectivity index (χ2v) is 7.41. The summed E-state index contributed by atoms with van der Waals surface area (Å²) >= 11 is 1.81. The van der Waals surface area contributed by atoms with Crippen molar-refractivity contribution in [2.45, 2.75) is 13.5 Å². The van der Waals surface area contributed by atoms with Crippen LogP contribution in [0, 0.1) is 6.92 Å². The number of likely N-dealkylation sites (N-methyl/N-ethyl adjacent to an activating group) is 1. The molecule has 1 amide bonds. The molecule has 23 heavy (non-hydrogen) atoms. The van der Waals surface area contributed by atoms with Gasteiger partial charge in [0.15, 0.2) is 0 Å². The monoisotopic (exact) mass is 329 g/mol. The molecule has 0 atom stereocenters. The Kier molecular flexibility index (Phi) is 4.98. The Morgan fingerprint density at radius 2 is 1.78 bits per heavy atom. The van der Waals surface area contributed by atoms with E-state index in [0.29, 0.717) is 0 Å². The molecule has 0 aliphatic carbocycles. The van der Waals surface area contributed by atoms with Crippen LogP contribution in [-0.4, -0.2) is 48.9 Å². The lowest BCUT2D eigenvalue weighted by molar-refractivity contribution is 0.0664. The van der Waals surface area contributed by atoms with Crippen molar-refractivity contribution in [2.24, 2.45) is 0 Å². The summed E-state index contributed by atoms with van der Waals surface area (Å²) in [5.74, 6) is 0.138. The third-order valence-electron chi connectivity index (χ3n) is 4.19. The highest BCUT2D eigenvalue weighted by Gasteiger charge is 2.20. The SMILES string of the molecule is Cc1ccc(CNc2ccc(C(=O)N3CCN(C)CC3)cc2)s1. The fourth-order valence-electron chi connectivity index (χ4n) is 2.69. The van der Waals surface area contributed by atoms with E-state index < -0.39 is 0 Å². The van der Waals surface area contributed by atoms with Gasteiger partial charge < -0.3 is 15.1 Å². The van der Waals surface area contributed by atoms with Crippen LogP contribution in [0.1, 0.15) is 20.1 Å². The van der Waals surface area contributed by atoms with E-state index in [1.807, 2.05) is 29.2 Å². The van der Waals surface area contributed by atoms with Gasteiger partial charge in [0.1, 0.15) is 0 Å². The highest BCUT2D eigenvalue weighted by Crippen LogP contribution is 2.18. The number of carbonyl (C=O) groups is 1. The maximum atomic E-state index is 12.5. The lowest BCUT2D eigenvalue weighted by atomic mass is 10.1. The molecule has 2 aromatic rings. The van der Waals surface area contributed by atoms with Gasteiger partial charge in [-0.05, 0) is 50.4 Å². The van der Waals surface area contributed by atoms with Crippen molar-refractivity contribution in [3.05, 3.63) is 51.7 Å². The number of benzene rings is 1. The molecule has 1 aliphatic rings. The van der Waals surface area contributed by atoms with E-state index in [1.54, 1.807) is 11.3 Å². The molecule has 1 fully saturated rings. The van der Waals surface area contributed by atoms with Crippen LogP contribution in [0.3, 0.4) is 0 Å². The molecule has 0 unspecified atom stereocenters. The number of rotatable bonds is 4. The largest absolute Gasteiger partial charge is 0.380 e. The molecule has 0 spiro atoms. The number of thiophene rings is 1. The van der Waals surface area contributed by atoms with Gasteiger partial charge in [-0.3, -0.25) is 4.79 Å². The lowest BCUT2D eigenvalue weighted by Crippen LogP contribution is -2.47. The summed E-state index contributed by atoms with van der Waals surface area (Å²) in [6.45, 7) is 6.47. The van der Waals surface area contributed by atoms with E-state index in [2.05, 4.69) is 36.3 Å². The second kappa shape index (κ2) is 7.15. The summed E-state index contributed by atoms with van der Waals surface area (Å²) in [4.78, 5) is 19.3. The molecule has 3 rings (SSSR count). The third-order valence-corrected chi connectivity index (χ3v) is 5.19. The minimum Gasteiger partial charge on any atom is -0.380 e. The minimum atomic E-state index is 0.138. The Morgan fingerprint density at radius 3 is 2.39 bits per heavy atom. The van der Waals surface area contributed by atoms with Gasteiger partial charge in [0.25, 0.3) is 5.91 Å². The van der Waals surface area contributed by atoms with Gasteiger partial charge in [0, 0.05) is 53.7 Å². The standard InChI is InChI=1S/C18H23N3OS/c1-14-3-8-17(23-14)13-19-16-6-4-15(5-7-16)18(22)21-11-9-20(2)10-12-21/h3-8,19H,9-13H2,1-2H3. The maximum Gasteiger partial charge on any atom is 0.253 e. The Hall–Kier alpha value is -1.85. The van der Waals surface area contributed by atoms with Crippen molar-refractivity contribution < 1.29 is 4.79 Å². The van der Waals surface area contributed by atoms with Crippen LogP contribution in [0.4, 0.5) is 5.69 Å². The Balaban J connectivity index is 1.57. The molecule has 0 bridgehead atoms. The van der Waals surface area contributed by atoms with Crippen molar-refractivity contribution in [3.8, 4) is 0 Å². The minimum absolute atomic E-state index is 0.138. The third kappa shape index (κ3) is 4.12. The van der Waals surface area contributed by atoms with E-state index in [1.165, 1.54) is 9.75 Å². The van der Waals surface area contributed by atoms with Crippen LogP contribution < -0.4 is 5.32 Å². The number of anilines is 1. The Morgan fingerprint density at radius 1 is 1.09 bits per heavy atom. The summed E-state index contributed by atoms with van der Waals surface area (Å²) in [5, 5.41) is 3.40. The predicted molar refractivity (Wildman–Crippen MR) is 96.2 cm³/mol. The molecule has 0 saturated carbocycles. The lowest BCUT2D eigenvalue weighted by Gasteiger charge is -2.32. The molecule has 4 nitrogen and oxygen atoms in total. The molecule has 122 valence electrons. The van der Waals surface area contributed by atoms with Crippen molar-refractivity contribution in [1.82, 2.24) is 9.80 Å². The molecule has 1 aromatic carbocycles. The Bertz CT molecular complexity index is 657. The number of nitrogens with zero attached hydrogens (tertiary/aromatic N) is 2. The molecular weight excluding hydrogens is 306 g/mol. The molecule has 2 heterocycles. The zero-order valence-electron chi connectivity index (χ0n) is 13.7. The second-order valence-electron chi connectivity index (χ2n) is 6.04. The first-order valence-electron chi connectivity index (χ1n) is 7.99. The summed E-state index contributed by atoms with van der Waals surface area (Å²) < 4.78 is 0. The van der Waals surface area contributed by atoms with Gasteiger partial charge in [0.2, 0.25) is 0 Å². The van der Waals surface area contributed by atoms with E-state index in [4.69, 9.17) is 0 Å². The van der Waals surface area contributed by atoms with E-state index >= 15 is 0 Å². The first-order valence-corrected chi connectivity index (χ1v) is 8.80. The number of aryl methyl sites for hydroxylation is 1. The van der Waals surface area contributed by atoms with Crippen LogP contribution in [0.15, 0.2) is 36.4 Å². The average molecular weight is 329 g/mol. The van der Waals surface area contributed by atoms with Crippen LogP contribution in [0.25, 0.3) is 0 Å². The van der Waals surface area contributed by atoms with Crippen LogP contribution >= 0.6 is 11.3 Å². The highest BCUT2D eigenvalue weighted by molar-refractivity contribution is 7.11. The molecule has 0 radical (unpaired) electrons. The number of nitrogens with one attached hydrogen (secondary N) is 1. The topological polar surface area (TPSA) is 35.6 Å². The van der Waals surface area contributed by atoms with Gasteiger partial charge >= 0.3 is 0 Å². The molecule has 1 saturated heterocycles. The van der Waals surface area contributed by atoms with E-state index in [9.17, 15) is 4.79 Å². The fraction of sp³-hybridized carbons (Fsp3) is 0.389. The van der Waals surface area contributed by atoms with Gasteiger partial charge in [-0.1, -0.05) is 0 Å². The molecular formula is C18H23N3OS. The number of amides is 1. The van der Waals surface area contributed by atoms with Crippen molar-refractivity contribution in [3.63, 3.8) is 0 Å². The van der Waals surface area contributed by atoms with Crippen LogP contribution in [0.5, 0.6) is 0 Å². The van der Waals surface area contributed by atoms with E-state index in [0.717, 1.165) is 44.0 Å². The number of carbonyl (C=O) groups excluding carboxylic acids is 1. The summed E-state index contributed by atoms with van der Waals surface area (Å²) in [5.41, 5.74) is 1.82. The van der Waals surface area contributed by atoms with Gasteiger partial charge in [0.05, 0.1) is 0 Å². The van der Waals surface area contributed by atoms with Crippen molar-refractivity contribution in [1.29, 1.82) is 0 Å². The van der Waals surface area contributed by atoms with E-state index in [-0.39, 0.29) is 5.91 Å². The highest BCUT2D eigenvalue weighted by atomic mass is 32.1. The molecule has 1 aliphatic heterocycles. The zero-order valence-corrected chi connectivity index (χ0v) is 14.5. The molecule has 1 aromatic heterocycles. The Labute approximate surface area is 141 Å². The van der Waals surface area contributed by atoms with Gasteiger partial charge in [-0.15, -0.1) is 11.3 Å². The average Bonchev–Trinajstić information content (AvgIpc) is 2.99. The normalized spacial score (nSPS) is 15.7. The molecule has 5 heteroatoms. The van der Waals surface area contributed by atoms with Crippen molar-refractivity contribution >= 4 is 22.9 Å². The summed E-state index contributed by atoms with van der Waals surface area (Å²) in [6.07, 6.45) is 0. The first kappa shape index (κ1) is 16.0. The first-order chi connectivity index (χ1) is 11.1. The van der Waals surface area contributed by atoms with Crippen LogP contribution in [0.2, 0.25) is 0 Å². The van der Waals surface area contributed by atoms with Gasteiger partial charge in [-0.25, -0.2) is 0 Å². The van der Waals surface area contributed by atoms with Crippen LogP contribution in [-0.2, 0) is 6.54 Å². The van der Waals surface area contributed by atoms with Crippen molar-refractivity contribution in [2.75, 3.05) is 38.5 Å². The summed E-state index contributed by atoms with van der Waals surface area (Å²) in [7, 11) is 2.09. The molecule has 1 N–H and O–H groups in total. The predicted octanol–water partition coefficient (Wildman–Crippen LogP) is 3.06.